The maximum absolute atomic E-state index is 16.8. The second kappa shape index (κ2) is 10.1. The Bertz CT molecular complexity index is 1880. The van der Waals surface area contributed by atoms with E-state index < -0.39 is 17.5 Å². The number of fused-ring (bicyclic) bond motifs is 5. The van der Waals surface area contributed by atoms with Gasteiger partial charge in [0.25, 0.3) is 0 Å². The van der Waals surface area contributed by atoms with Gasteiger partial charge in [-0.3, -0.25) is 9.88 Å². The van der Waals surface area contributed by atoms with Crippen LogP contribution in [-0.2, 0) is 0 Å². The quantitative estimate of drug-likeness (QED) is 0.253. The molecule has 4 aliphatic rings. The van der Waals surface area contributed by atoms with Gasteiger partial charge in [0.2, 0.25) is 0 Å². The van der Waals surface area contributed by atoms with E-state index in [9.17, 15) is 9.50 Å². The molecule has 4 saturated heterocycles. The number of phenols is 1. The normalized spacial score (nSPS) is 26.4. The Morgan fingerprint density at radius 1 is 1.18 bits per heavy atom. The van der Waals surface area contributed by atoms with E-state index in [0.29, 0.717) is 71.1 Å². The highest BCUT2D eigenvalue weighted by atomic mass is 19.1. The Kier molecular flexibility index (Phi) is 6.26. The Morgan fingerprint density at radius 3 is 2.80 bits per heavy atom. The summed E-state index contributed by atoms with van der Waals surface area (Å²) in [4.78, 5) is 18.2. The van der Waals surface area contributed by atoms with Crippen LogP contribution in [0.5, 0.6) is 11.8 Å². The number of aromatic nitrogens is 3. The van der Waals surface area contributed by atoms with E-state index in [0.717, 1.165) is 31.5 Å². The Morgan fingerprint density at radius 2 is 2.00 bits per heavy atom. The zero-order valence-electron chi connectivity index (χ0n) is 24.2. The van der Waals surface area contributed by atoms with Crippen LogP contribution in [0.25, 0.3) is 32.9 Å². The van der Waals surface area contributed by atoms with Crippen molar-refractivity contribution in [1.82, 2.24) is 25.2 Å². The molecular weight excluding hydrogens is 562 g/mol. The fraction of sp³-hybridized carbons (Fsp3) is 0.382. The maximum Gasteiger partial charge on any atom is 0.319 e. The SMILES string of the molecule is C#Cc1cccc2cc(O)cc(-c3ncc4c(N5CC6CCC(C5)N6)nc(OC[C@]56CC(=C)CN5C[C@@H](F)C6)nc4c3F)c12. The van der Waals surface area contributed by atoms with Crippen molar-refractivity contribution in [1.29, 1.82) is 0 Å². The van der Waals surface area contributed by atoms with Crippen molar-refractivity contribution >= 4 is 27.5 Å². The number of nitrogens with one attached hydrogen (secondary N) is 1. The molecular formula is C34H32F2N6O2. The molecule has 10 heteroatoms. The molecule has 6 heterocycles. The van der Waals surface area contributed by atoms with Crippen LogP contribution in [0.1, 0.15) is 31.2 Å². The monoisotopic (exact) mass is 594 g/mol. The third-order valence-electron chi connectivity index (χ3n) is 9.69. The molecule has 2 unspecified atom stereocenters. The highest BCUT2D eigenvalue weighted by Crippen LogP contribution is 2.43. The Hall–Kier alpha value is -4.33. The number of alkyl halides is 1. The van der Waals surface area contributed by atoms with Crippen LogP contribution in [0.4, 0.5) is 14.6 Å². The summed E-state index contributed by atoms with van der Waals surface area (Å²) in [7, 11) is 0. The molecule has 2 bridgehead atoms. The summed E-state index contributed by atoms with van der Waals surface area (Å²) in [5, 5.41) is 15.9. The van der Waals surface area contributed by atoms with Gasteiger partial charge in [-0.25, -0.2) is 8.78 Å². The van der Waals surface area contributed by atoms with Gasteiger partial charge in [0, 0.05) is 67.4 Å². The van der Waals surface area contributed by atoms with Gasteiger partial charge in [-0.15, -0.1) is 6.42 Å². The van der Waals surface area contributed by atoms with Crippen LogP contribution in [0, 0.1) is 18.2 Å². The summed E-state index contributed by atoms with van der Waals surface area (Å²) in [6.07, 6.45) is 9.59. The summed E-state index contributed by atoms with van der Waals surface area (Å²) < 4.78 is 37.5. The lowest BCUT2D eigenvalue weighted by Crippen LogP contribution is -2.51. The van der Waals surface area contributed by atoms with Gasteiger partial charge in [-0.1, -0.05) is 30.2 Å². The minimum absolute atomic E-state index is 0.0185. The lowest BCUT2D eigenvalue weighted by molar-refractivity contribution is 0.107. The van der Waals surface area contributed by atoms with Gasteiger partial charge >= 0.3 is 6.01 Å². The first-order valence-electron chi connectivity index (χ1n) is 15.1. The zero-order chi connectivity index (χ0) is 30.2. The van der Waals surface area contributed by atoms with Gasteiger partial charge in [0.05, 0.1) is 10.9 Å². The molecule has 0 radical (unpaired) electrons. The molecule has 8 rings (SSSR count). The highest BCUT2D eigenvalue weighted by Gasteiger charge is 2.50. The van der Waals surface area contributed by atoms with E-state index >= 15 is 4.39 Å². The van der Waals surface area contributed by atoms with Crippen molar-refractivity contribution in [2.45, 2.75) is 49.5 Å². The number of halogens is 2. The average Bonchev–Trinajstić information content (AvgIpc) is 3.61. The number of pyridine rings is 1. The largest absolute Gasteiger partial charge is 0.508 e. The molecule has 2 aromatic heterocycles. The first kappa shape index (κ1) is 27.2. The fourth-order valence-electron chi connectivity index (χ4n) is 7.85. The number of aromatic hydroxyl groups is 1. The molecule has 4 aliphatic heterocycles. The highest BCUT2D eigenvalue weighted by molar-refractivity contribution is 6.02. The molecule has 4 aromatic rings. The number of benzene rings is 2. The van der Waals surface area contributed by atoms with Crippen LogP contribution in [0.2, 0.25) is 0 Å². The van der Waals surface area contributed by atoms with Gasteiger partial charge < -0.3 is 20.1 Å². The number of phenolic OH excluding ortho intramolecular Hbond substituents is 1. The second-order valence-corrected chi connectivity index (χ2v) is 12.7. The van der Waals surface area contributed by atoms with Crippen molar-refractivity contribution in [3.8, 4) is 35.4 Å². The standard InChI is InChI=1S/C34H32F2N6O2/c1-3-20-5-4-6-21-9-25(43)10-26(28(20)21)30-29(36)31-27(13-37-30)32(41-16-23-7-8-24(17-41)38-23)40-33(39-31)44-18-34-11-19(2)14-42(34)15-22(35)12-34/h1,4-6,9-10,13,22-24,38,43H,2,7-8,11-12,14-18H2/t22-,23?,24?,34+/m0/s1. The molecule has 8 nitrogen and oxygen atoms in total. The van der Waals surface area contributed by atoms with Crippen molar-refractivity contribution in [2.75, 3.05) is 37.7 Å². The number of nitrogens with zero attached hydrogens (tertiary/aromatic N) is 5. The average molecular weight is 595 g/mol. The molecule has 2 aromatic carbocycles. The van der Waals surface area contributed by atoms with Crippen molar-refractivity contribution in [3.63, 3.8) is 0 Å². The van der Waals surface area contributed by atoms with E-state index in [1.54, 1.807) is 24.4 Å². The third-order valence-corrected chi connectivity index (χ3v) is 9.69. The van der Waals surface area contributed by atoms with E-state index in [1.165, 1.54) is 6.07 Å². The predicted molar refractivity (Wildman–Crippen MR) is 165 cm³/mol. The number of anilines is 1. The lowest BCUT2D eigenvalue weighted by Gasteiger charge is -2.34. The number of piperazine rings is 1. The van der Waals surface area contributed by atoms with E-state index in [-0.39, 0.29) is 29.6 Å². The van der Waals surface area contributed by atoms with E-state index in [2.05, 4.69) is 37.6 Å². The summed E-state index contributed by atoms with van der Waals surface area (Å²) in [5.74, 6) is 2.54. The first-order chi connectivity index (χ1) is 21.3. The van der Waals surface area contributed by atoms with Crippen LogP contribution in [-0.4, -0.2) is 81.5 Å². The predicted octanol–water partition coefficient (Wildman–Crippen LogP) is 4.73. The first-order valence-corrected chi connectivity index (χ1v) is 15.1. The number of hydrogen-bond acceptors (Lipinski definition) is 8. The molecule has 0 spiro atoms. The molecule has 0 amide bonds. The molecule has 4 fully saturated rings. The molecule has 4 atom stereocenters. The zero-order valence-corrected chi connectivity index (χ0v) is 24.2. The van der Waals surface area contributed by atoms with Crippen molar-refractivity contribution in [2.24, 2.45) is 0 Å². The maximum atomic E-state index is 16.8. The summed E-state index contributed by atoms with van der Waals surface area (Å²) in [6, 6.07) is 9.12. The number of rotatable bonds is 5. The van der Waals surface area contributed by atoms with Crippen molar-refractivity contribution < 1.29 is 18.6 Å². The number of hydrogen-bond donors (Lipinski definition) is 2. The minimum atomic E-state index is -0.938. The Labute approximate surface area is 253 Å². The second-order valence-electron chi connectivity index (χ2n) is 12.7. The van der Waals surface area contributed by atoms with Gasteiger partial charge in [0.15, 0.2) is 5.82 Å². The van der Waals surface area contributed by atoms with Crippen LogP contribution in [0.15, 0.2) is 48.7 Å². The number of terminal acetylenes is 1. The molecule has 44 heavy (non-hydrogen) atoms. The topological polar surface area (TPSA) is 86.6 Å². The van der Waals surface area contributed by atoms with Crippen LogP contribution >= 0.6 is 0 Å². The number of ether oxygens (including phenoxy) is 1. The summed E-state index contributed by atoms with van der Waals surface area (Å²) in [5.41, 5.74) is 1.54. The van der Waals surface area contributed by atoms with E-state index in [1.807, 2.05) is 6.07 Å². The lowest BCUT2D eigenvalue weighted by atomic mass is 9.93. The Balaban J connectivity index is 1.26. The van der Waals surface area contributed by atoms with Gasteiger partial charge in [-0.2, -0.15) is 9.97 Å². The van der Waals surface area contributed by atoms with Gasteiger partial charge in [0.1, 0.15) is 35.6 Å². The molecule has 0 aliphatic carbocycles. The van der Waals surface area contributed by atoms with E-state index in [4.69, 9.17) is 16.1 Å². The molecule has 0 saturated carbocycles. The van der Waals surface area contributed by atoms with Crippen molar-refractivity contribution in [3.05, 3.63) is 60.1 Å². The molecule has 2 N–H and O–H groups in total. The minimum Gasteiger partial charge on any atom is -0.508 e. The fourth-order valence-corrected chi connectivity index (χ4v) is 7.85. The van der Waals surface area contributed by atoms with Crippen LogP contribution in [0.3, 0.4) is 0 Å². The summed E-state index contributed by atoms with van der Waals surface area (Å²) >= 11 is 0. The van der Waals surface area contributed by atoms with Gasteiger partial charge in [-0.05, 0) is 42.8 Å². The van der Waals surface area contributed by atoms with Crippen LogP contribution < -0.4 is 15.0 Å². The summed E-state index contributed by atoms with van der Waals surface area (Å²) in [6.45, 7) is 6.73. The molecule has 224 valence electrons. The third kappa shape index (κ3) is 4.37. The smallest absolute Gasteiger partial charge is 0.319 e.